The van der Waals surface area contributed by atoms with Crippen molar-refractivity contribution >= 4 is 34.5 Å². The summed E-state index contributed by atoms with van der Waals surface area (Å²) in [5, 5.41) is 4.31. The quantitative estimate of drug-likeness (QED) is 0.283. The maximum absolute atomic E-state index is 14.6. The van der Waals surface area contributed by atoms with E-state index in [9.17, 15) is 13.3 Å². The summed E-state index contributed by atoms with van der Waals surface area (Å²) in [7, 11) is 1.87. The largest absolute Gasteiger partial charge is 0.616 e. The Kier molecular flexibility index (Phi) is 7.99. The molecule has 1 aliphatic rings. The summed E-state index contributed by atoms with van der Waals surface area (Å²) in [6.45, 7) is 3.94. The number of hydrogen-bond donors (Lipinski definition) is 1. The summed E-state index contributed by atoms with van der Waals surface area (Å²) in [5.41, 5.74) is 6.39. The summed E-state index contributed by atoms with van der Waals surface area (Å²) >= 11 is -1.06. The Hall–Kier alpha value is -3.69. The fraction of sp³-hybridized carbons (Fsp3) is 0.417. The summed E-state index contributed by atoms with van der Waals surface area (Å²) < 4.78 is 52.1. The van der Waals surface area contributed by atoms with Crippen molar-refractivity contribution in [2.24, 2.45) is 0 Å². The van der Waals surface area contributed by atoms with Crippen LogP contribution in [0.1, 0.15) is 0 Å². The number of nitrogen functional groups attached to an aromatic ring is 1. The Balaban J connectivity index is 1.17. The number of piperazine rings is 1. The molecule has 0 spiro atoms. The molecule has 5 rings (SSSR count). The van der Waals surface area contributed by atoms with Crippen molar-refractivity contribution in [2.75, 3.05) is 80.5 Å². The van der Waals surface area contributed by atoms with E-state index in [4.69, 9.17) is 14.9 Å². The standard InChI is InChI=1S/C24H29F2N9O3S/c1-32(23-29-22(27)35-24(30-23)28-21(31-35)19-4-3-11-37-19)5-6-33-7-9-34(10-8-33)18-15-20(17(26)14-16(18)25)38-12-13-39(2)36/h3-4,11,14-15H,5-10,12-13H2,1-2H3,(H2,27,28,29,30,31). The normalized spacial score (nSPS) is 15.2. The highest BCUT2D eigenvalue weighted by Crippen LogP contribution is 2.29. The number of halogens is 2. The topological polar surface area (TPSA) is 137 Å². The molecule has 0 saturated carbocycles. The first-order valence-electron chi connectivity index (χ1n) is 12.3. The van der Waals surface area contributed by atoms with Crippen LogP contribution in [0.5, 0.6) is 5.75 Å². The third-order valence-electron chi connectivity index (χ3n) is 6.40. The van der Waals surface area contributed by atoms with Gasteiger partial charge in [-0.1, -0.05) is 11.2 Å². The highest BCUT2D eigenvalue weighted by molar-refractivity contribution is 7.90. The van der Waals surface area contributed by atoms with Crippen LogP contribution < -0.4 is 20.3 Å². The van der Waals surface area contributed by atoms with E-state index < -0.39 is 22.8 Å². The Labute approximate surface area is 226 Å². The lowest BCUT2D eigenvalue weighted by Crippen LogP contribution is -2.48. The number of nitrogens with zero attached hydrogens (tertiary/aromatic N) is 8. The van der Waals surface area contributed by atoms with Gasteiger partial charge in [-0.15, -0.1) is 5.10 Å². The first-order chi connectivity index (χ1) is 18.8. The molecule has 2 N–H and O–H groups in total. The monoisotopic (exact) mass is 561 g/mol. The number of likely N-dealkylation sites (N-methyl/N-ethyl adjacent to an activating group) is 1. The maximum atomic E-state index is 14.6. The highest BCUT2D eigenvalue weighted by atomic mass is 32.2. The van der Waals surface area contributed by atoms with E-state index in [1.807, 2.05) is 16.8 Å². The van der Waals surface area contributed by atoms with Crippen molar-refractivity contribution < 1.29 is 22.5 Å². The molecule has 1 aliphatic heterocycles. The minimum Gasteiger partial charge on any atom is -0.616 e. The number of rotatable bonds is 10. The Morgan fingerprint density at radius 2 is 1.95 bits per heavy atom. The fourth-order valence-corrected chi connectivity index (χ4v) is 4.54. The number of furan rings is 1. The van der Waals surface area contributed by atoms with Gasteiger partial charge in [0.05, 0.1) is 18.2 Å². The molecule has 12 nitrogen and oxygen atoms in total. The second-order valence-electron chi connectivity index (χ2n) is 9.12. The van der Waals surface area contributed by atoms with Crippen molar-refractivity contribution in [3.8, 4) is 17.3 Å². The predicted molar refractivity (Wildman–Crippen MR) is 143 cm³/mol. The van der Waals surface area contributed by atoms with Gasteiger partial charge in [-0.05, 0) is 12.1 Å². The summed E-state index contributed by atoms with van der Waals surface area (Å²) in [6, 6.07) is 5.72. The van der Waals surface area contributed by atoms with Gasteiger partial charge in [0.1, 0.15) is 18.2 Å². The number of fused-ring (bicyclic) bond motifs is 1. The number of anilines is 3. The molecular weight excluding hydrogens is 532 g/mol. The molecular formula is C24H29F2N9O3S. The fourth-order valence-electron chi connectivity index (χ4n) is 4.22. The summed E-state index contributed by atoms with van der Waals surface area (Å²) in [5.74, 6) is 0.594. The summed E-state index contributed by atoms with van der Waals surface area (Å²) in [4.78, 5) is 19.3. The van der Waals surface area contributed by atoms with Crippen molar-refractivity contribution in [3.63, 3.8) is 0 Å². The van der Waals surface area contributed by atoms with E-state index in [2.05, 4.69) is 25.0 Å². The molecule has 3 aromatic heterocycles. The van der Waals surface area contributed by atoms with Crippen LogP contribution in [0.25, 0.3) is 17.4 Å². The van der Waals surface area contributed by atoms with E-state index in [0.717, 1.165) is 12.6 Å². The van der Waals surface area contributed by atoms with Crippen molar-refractivity contribution in [3.05, 3.63) is 42.2 Å². The number of ether oxygens (including phenoxy) is 1. The van der Waals surface area contributed by atoms with Gasteiger partial charge in [0.25, 0.3) is 5.78 Å². The molecule has 1 unspecified atom stereocenters. The van der Waals surface area contributed by atoms with Crippen LogP contribution in [0, 0.1) is 11.6 Å². The van der Waals surface area contributed by atoms with Crippen molar-refractivity contribution in [1.82, 2.24) is 29.5 Å². The zero-order chi connectivity index (χ0) is 27.5. The second kappa shape index (κ2) is 11.6. The molecule has 1 fully saturated rings. The van der Waals surface area contributed by atoms with Crippen LogP contribution in [-0.4, -0.2) is 99.0 Å². The minimum absolute atomic E-state index is 0.0406. The zero-order valence-electron chi connectivity index (χ0n) is 21.6. The van der Waals surface area contributed by atoms with Crippen molar-refractivity contribution in [1.29, 1.82) is 0 Å². The molecule has 1 aromatic carbocycles. The lowest BCUT2D eigenvalue weighted by atomic mass is 10.2. The molecule has 4 aromatic rings. The SMILES string of the molecule is CN(CCN1CCN(c2cc(OCC[S+](C)[O-])c(F)cc2F)CC1)c1nc(N)n2nc(-c3ccco3)nc2n1. The molecule has 0 radical (unpaired) electrons. The first kappa shape index (κ1) is 26.9. The molecule has 4 heterocycles. The molecule has 208 valence electrons. The molecule has 0 aliphatic carbocycles. The van der Waals surface area contributed by atoms with Gasteiger partial charge in [0.15, 0.2) is 17.3 Å². The van der Waals surface area contributed by atoms with Crippen molar-refractivity contribution in [2.45, 2.75) is 0 Å². The van der Waals surface area contributed by atoms with Gasteiger partial charge in [-0.2, -0.15) is 19.5 Å². The number of aromatic nitrogens is 5. The Morgan fingerprint density at radius 1 is 1.15 bits per heavy atom. The first-order valence-corrected chi connectivity index (χ1v) is 14.1. The average molecular weight is 562 g/mol. The van der Waals surface area contributed by atoms with E-state index in [1.165, 1.54) is 16.8 Å². The predicted octanol–water partition coefficient (Wildman–Crippen LogP) is 1.66. The van der Waals surface area contributed by atoms with E-state index in [0.29, 0.717) is 61.7 Å². The van der Waals surface area contributed by atoms with E-state index in [-0.39, 0.29) is 24.1 Å². The smallest absolute Gasteiger partial charge is 0.259 e. The summed E-state index contributed by atoms with van der Waals surface area (Å²) in [6.07, 6.45) is 3.08. The molecule has 0 bridgehead atoms. The third kappa shape index (κ3) is 6.15. The molecule has 1 saturated heterocycles. The minimum atomic E-state index is -1.06. The Morgan fingerprint density at radius 3 is 2.67 bits per heavy atom. The average Bonchev–Trinajstić information content (AvgIpc) is 3.59. The molecule has 1 atom stereocenters. The number of hydrogen-bond acceptors (Lipinski definition) is 11. The second-order valence-corrected chi connectivity index (χ2v) is 10.7. The van der Waals surface area contributed by atoms with Gasteiger partial charge in [-0.25, -0.2) is 8.78 Å². The van der Waals surface area contributed by atoms with Gasteiger partial charge in [0, 0.05) is 58.4 Å². The van der Waals surface area contributed by atoms with Gasteiger partial charge >= 0.3 is 0 Å². The van der Waals surface area contributed by atoms with Crippen LogP contribution in [0.15, 0.2) is 34.9 Å². The highest BCUT2D eigenvalue weighted by Gasteiger charge is 2.23. The van der Waals surface area contributed by atoms with Crippen LogP contribution in [0.3, 0.4) is 0 Å². The Bertz CT molecular complexity index is 1410. The maximum Gasteiger partial charge on any atom is 0.259 e. The molecule has 0 amide bonds. The zero-order valence-corrected chi connectivity index (χ0v) is 22.4. The van der Waals surface area contributed by atoms with Gasteiger partial charge in [-0.3, -0.25) is 4.90 Å². The van der Waals surface area contributed by atoms with Crippen LogP contribution in [0.2, 0.25) is 0 Å². The van der Waals surface area contributed by atoms with Crippen LogP contribution >= 0.6 is 0 Å². The van der Waals surface area contributed by atoms with E-state index in [1.54, 1.807) is 18.4 Å². The molecule has 15 heteroatoms. The van der Waals surface area contributed by atoms with Crippen LogP contribution in [0.4, 0.5) is 26.4 Å². The van der Waals surface area contributed by atoms with Gasteiger partial charge < -0.3 is 29.2 Å². The van der Waals surface area contributed by atoms with E-state index >= 15 is 0 Å². The lowest BCUT2D eigenvalue weighted by molar-refractivity contribution is 0.262. The lowest BCUT2D eigenvalue weighted by Gasteiger charge is -2.37. The third-order valence-corrected chi connectivity index (χ3v) is 7.14. The molecule has 39 heavy (non-hydrogen) atoms. The number of benzene rings is 1. The van der Waals surface area contributed by atoms with Gasteiger partial charge in [0.2, 0.25) is 17.7 Å². The number of nitrogens with two attached hydrogens (primary N) is 1. The van der Waals surface area contributed by atoms with Crippen LogP contribution in [-0.2, 0) is 11.2 Å².